The van der Waals surface area contributed by atoms with Gasteiger partial charge >= 0.3 is 12.0 Å². The number of methoxy groups -OCH3 is 2. The van der Waals surface area contributed by atoms with Gasteiger partial charge in [0, 0.05) is 11.4 Å². The van der Waals surface area contributed by atoms with Gasteiger partial charge in [-0.3, -0.25) is 4.79 Å². The van der Waals surface area contributed by atoms with Gasteiger partial charge in [0.25, 0.3) is 5.91 Å². The number of amides is 3. The molecule has 0 fully saturated rings. The van der Waals surface area contributed by atoms with Gasteiger partial charge < -0.3 is 30.2 Å². The van der Waals surface area contributed by atoms with Crippen molar-refractivity contribution < 1.29 is 28.6 Å². The van der Waals surface area contributed by atoms with Crippen LogP contribution in [0.1, 0.15) is 24.1 Å². The molecule has 1 atom stereocenters. The van der Waals surface area contributed by atoms with E-state index in [1.54, 1.807) is 19.1 Å². The summed E-state index contributed by atoms with van der Waals surface area (Å²) < 4.78 is 16.3. The fraction of sp³-hybridized carbons (Fsp3) is 0.261. The minimum Gasteiger partial charge on any atom is -0.493 e. The summed E-state index contributed by atoms with van der Waals surface area (Å²) in [6, 6.07) is 9.70. The number of benzene rings is 2. The number of urea groups is 1. The number of ether oxygens (including phenoxy) is 3. The summed E-state index contributed by atoms with van der Waals surface area (Å²) in [6.07, 6.45) is 0. The van der Waals surface area contributed by atoms with Gasteiger partial charge in [-0.05, 0) is 65.8 Å². The number of hydrogen-bond donors (Lipinski definition) is 3. The first-order chi connectivity index (χ1) is 15.7. The predicted molar refractivity (Wildman–Crippen MR) is 130 cm³/mol. The van der Waals surface area contributed by atoms with Crippen molar-refractivity contribution in [1.82, 2.24) is 10.6 Å². The number of carbonyl (C=O) groups is 3. The van der Waals surface area contributed by atoms with E-state index in [1.807, 2.05) is 53.8 Å². The van der Waals surface area contributed by atoms with Crippen LogP contribution in [0.3, 0.4) is 0 Å². The van der Waals surface area contributed by atoms with Crippen LogP contribution in [0.5, 0.6) is 11.5 Å². The molecule has 2 aromatic carbocycles. The zero-order valence-electron chi connectivity index (χ0n) is 18.6. The number of rotatable bonds is 7. The number of carbonyl (C=O) groups excluding carboxylic acids is 3. The fourth-order valence-corrected chi connectivity index (χ4v) is 4.17. The first kappa shape index (κ1) is 24.4. The molecule has 33 heavy (non-hydrogen) atoms. The topological polar surface area (TPSA) is 115 Å². The van der Waals surface area contributed by atoms with Gasteiger partial charge in [0.15, 0.2) is 18.1 Å². The summed E-state index contributed by atoms with van der Waals surface area (Å²) in [6.45, 7) is 3.29. The lowest BCUT2D eigenvalue weighted by Gasteiger charge is -2.29. The van der Waals surface area contributed by atoms with E-state index in [0.717, 1.165) is 5.56 Å². The maximum absolute atomic E-state index is 13.3. The highest BCUT2D eigenvalue weighted by Crippen LogP contribution is 2.38. The van der Waals surface area contributed by atoms with Crippen molar-refractivity contribution in [2.24, 2.45) is 0 Å². The third-order valence-electron chi connectivity index (χ3n) is 5.05. The average Bonchev–Trinajstić information content (AvgIpc) is 2.78. The normalized spacial score (nSPS) is 15.3. The lowest BCUT2D eigenvalue weighted by atomic mass is 9.94. The number of nitrogens with one attached hydrogen (secondary N) is 3. The van der Waals surface area contributed by atoms with Crippen LogP contribution in [-0.2, 0) is 14.3 Å². The van der Waals surface area contributed by atoms with Gasteiger partial charge in [-0.15, -0.1) is 0 Å². The fourth-order valence-electron chi connectivity index (χ4n) is 3.38. The maximum Gasteiger partial charge on any atom is 0.343 e. The minimum atomic E-state index is -0.736. The van der Waals surface area contributed by atoms with E-state index in [4.69, 9.17) is 9.47 Å². The third kappa shape index (κ3) is 5.56. The molecule has 0 aromatic heterocycles. The molecule has 0 spiro atoms. The van der Waals surface area contributed by atoms with Gasteiger partial charge in [-0.2, -0.15) is 0 Å². The van der Waals surface area contributed by atoms with E-state index < -0.39 is 18.0 Å². The lowest BCUT2D eigenvalue weighted by molar-refractivity contribution is -0.143. The Morgan fingerprint density at radius 2 is 1.88 bits per heavy atom. The Kier molecular flexibility index (Phi) is 7.79. The van der Waals surface area contributed by atoms with Crippen LogP contribution in [-0.4, -0.2) is 38.7 Å². The Labute approximate surface area is 205 Å². The van der Waals surface area contributed by atoms with Gasteiger partial charge in [0.1, 0.15) is 0 Å². The summed E-state index contributed by atoms with van der Waals surface area (Å²) in [5, 5.41) is 8.39. The number of aryl methyl sites for hydroxylation is 1. The van der Waals surface area contributed by atoms with Gasteiger partial charge in [0.05, 0.1) is 29.4 Å². The molecule has 0 aliphatic carbocycles. The molecule has 10 heteroatoms. The zero-order valence-corrected chi connectivity index (χ0v) is 20.7. The highest BCUT2D eigenvalue weighted by molar-refractivity contribution is 14.1. The van der Waals surface area contributed by atoms with Crippen molar-refractivity contribution in [3.8, 4) is 11.5 Å². The van der Waals surface area contributed by atoms with Crippen molar-refractivity contribution in [2.75, 3.05) is 26.1 Å². The van der Waals surface area contributed by atoms with Crippen molar-refractivity contribution in [1.29, 1.82) is 0 Å². The summed E-state index contributed by atoms with van der Waals surface area (Å²) in [7, 11) is 2.74. The Morgan fingerprint density at radius 3 is 2.55 bits per heavy atom. The van der Waals surface area contributed by atoms with E-state index in [-0.39, 0.29) is 12.5 Å². The maximum atomic E-state index is 13.3. The van der Waals surface area contributed by atoms with E-state index in [0.29, 0.717) is 37.6 Å². The molecule has 174 valence electrons. The predicted octanol–water partition coefficient (Wildman–Crippen LogP) is 3.43. The minimum absolute atomic E-state index is 0.282. The number of anilines is 1. The molecular weight excluding hydrogens is 541 g/mol. The monoisotopic (exact) mass is 565 g/mol. The van der Waals surface area contributed by atoms with E-state index in [9.17, 15) is 14.4 Å². The Morgan fingerprint density at radius 1 is 1.15 bits per heavy atom. The Hall–Kier alpha value is -3.28. The zero-order chi connectivity index (χ0) is 24.1. The van der Waals surface area contributed by atoms with E-state index in [1.165, 1.54) is 14.2 Å². The number of allylic oxidation sites excluding steroid dienone is 1. The highest BCUT2D eigenvalue weighted by atomic mass is 127. The summed E-state index contributed by atoms with van der Waals surface area (Å²) in [5.41, 5.74) is 3.01. The molecule has 9 nitrogen and oxygen atoms in total. The number of esters is 1. The quantitative estimate of drug-likeness (QED) is 0.350. The van der Waals surface area contributed by atoms with Crippen LogP contribution < -0.4 is 25.4 Å². The van der Waals surface area contributed by atoms with E-state index >= 15 is 0 Å². The molecular formula is C23H24IN3O6. The molecule has 0 bridgehead atoms. The molecule has 1 aliphatic heterocycles. The van der Waals surface area contributed by atoms with Crippen molar-refractivity contribution in [3.63, 3.8) is 0 Å². The second-order valence-electron chi connectivity index (χ2n) is 7.24. The number of para-hydroxylation sites is 1. The van der Waals surface area contributed by atoms with Crippen molar-refractivity contribution >= 4 is 46.2 Å². The number of halogens is 1. The standard InChI is InChI=1S/C23H24IN3O6/c1-12-7-5-6-8-16(12)26-22(29)19-13(2)25-23(30)27-20(19)14-9-15(24)21(17(10-14)31-3)33-11-18(28)32-4/h5-10,20H,11H2,1-4H3,(H,26,29)(H2,25,27,30)/t20-/m0/s1. The van der Waals surface area contributed by atoms with Crippen LogP contribution in [0, 0.1) is 10.5 Å². The molecule has 3 N–H and O–H groups in total. The lowest BCUT2D eigenvalue weighted by Crippen LogP contribution is -2.46. The van der Waals surface area contributed by atoms with E-state index in [2.05, 4.69) is 20.7 Å². The van der Waals surface area contributed by atoms with Crippen molar-refractivity contribution in [3.05, 3.63) is 62.4 Å². The highest BCUT2D eigenvalue weighted by Gasteiger charge is 2.32. The number of hydrogen-bond acceptors (Lipinski definition) is 6. The van der Waals surface area contributed by atoms with Crippen LogP contribution in [0.4, 0.5) is 10.5 Å². The second-order valence-corrected chi connectivity index (χ2v) is 8.40. The Bertz CT molecular complexity index is 1130. The van der Waals surface area contributed by atoms with Gasteiger partial charge in [-0.1, -0.05) is 18.2 Å². The van der Waals surface area contributed by atoms with Crippen molar-refractivity contribution in [2.45, 2.75) is 19.9 Å². The molecule has 3 rings (SSSR count). The van der Waals surface area contributed by atoms with Crippen LogP contribution in [0.25, 0.3) is 0 Å². The first-order valence-electron chi connectivity index (χ1n) is 9.97. The molecule has 0 saturated carbocycles. The van der Waals surface area contributed by atoms with Crippen LogP contribution >= 0.6 is 22.6 Å². The average molecular weight is 565 g/mol. The first-order valence-corrected chi connectivity index (χ1v) is 11.0. The second kappa shape index (κ2) is 10.6. The molecule has 0 radical (unpaired) electrons. The molecule has 1 heterocycles. The summed E-state index contributed by atoms with van der Waals surface area (Å²) in [5.74, 6) is -0.167. The molecule has 0 unspecified atom stereocenters. The summed E-state index contributed by atoms with van der Waals surface area (Å²) in [4.78, 5) is 37.0. The molecule has 1 aliphatic rings. The van der Waals surface area contributed by atoms with Crippen LogP contribution in [0.15, 0.2) is 47.7 Å². The Balaban J connectivity index is 1.98. The summed E-state index contributed by atoms with van der Waals surface area (Å²) >= 11 is 2.05. The van der Waals surface area contributed by atoms with Crippen LogP contribution in [0.2, 0.25) is 0 Å². The molecule has 2 aromatic rings. The van der Waals surface area contributed by atoms with Gasteiger partial charge in [-0.25, -0.2) is 9.59 Å². The smallest absolute Gasteiger partial charge is 0.343 e. The third-order valence-corrected chi connectivity index (χ3v) is 5.86. The SMILES string of the molecule is COC(=O)COc1c(I)cc([C@@H]2NC(=O)NC(C)=C2C(=O)Nc2ccccc2C)cc1OC. The largest absolute Gasteiger partial charge is 0.493 e. The molecule has 0 saturated heterocycles. The molecule has 3 amide bonds. The van der Waals surface area contributed by atoms with Gasteiger partial charge in [0.2, 0.25) is 0 Å².